The third-order valence-corrected chi connectivity index (χ3v) is 5.36. The molecule has 1 aliphatic carbocycles. The number of anilines is 1. The zero-order chi connectivity index (χ0) is 16.4. The summed E-state index contributed by atoms with van der Waals surface area (Å²) in [5.41, 5.74) is 3.29. The minimum Gasteiger partial charge on any atom is -0.465 e. The van der Waals surface area contributed by atoms with Gasteiger partial charge in [-0.2, -0.15) is 0 Å². The quantitative estimate of drug-likeness (QED) is 0.867. The van der Waals surface area contributed by atoms with Crippen LogP contribution in [0.4, 0.5) is 5.69 Å². The lowest BCUT2D eigenvalue weighted by atomic mass is 9.99. The highest BCUT2D eigenvalue weighted by atomic mass is 32.1. The van der Waals surface area contributed by atoms with Crippen molar-refractivity contribution in [1.82, 2.24) is 0 Å². The van der Waals surface area contributed by atoms with Crippen LogP contribution in [0.15, 0.2) is 24.3 Å². The molecule has 3 rings (SSSR count). The van der Waals surface area contributed by atoms with Gasteiger partial charge in [-0.3, -0.25) is 4.79 Å². The van der Waals surface area contributed by atoms with Crippen LogP contribution in [0.25, 0.3) is 0 Å². The van der Waals surface area contributed by atoms with Crippen molar-refractivity contribution in [3.8, 4) is 0 Å². The number of benzene rings is 1. The number of carbonyl (C=O) groups is 2. The molecule has 1 aromatic heterocycles. The first-order valence-corrected chi connectivity index (χ1v) is 8.52. The summed E-state index contributed by atoms with van der Waals surface area (Å²) < 4.78 is 4.73. The Morgan fingerprint density at radius 1 is 1.17 bits per heavy atom. The number of methoxy groups -OCH3 is 1. The van der Waals surface area contributed by atoms with E-state index in [0.29, 0.717) is 11.3 Å². The molecule has 0 unspecified atom stereocenters. The second-order valence-corrected chi connectivity index (χ2v) is 6.88. The van der Waals surface area contributed by atoms with Gasteiger partial charge in [-0.1, -0.05) is 6.07 Å². The monoisotopic (exact) mass is 329 g/mol. The maximum Gasteiger partial charge on any atom is 0.337 e. The van der Waals surface area contributed by atoms with E-state index < -0.39 is 5.97 Å². The first-order valence-electron chi connectivity index (χ1n) is 7.70. The fourth-order valence-electron chi connectivity index (χ4n) is 2.79. The molecule has 0 atom stereocenters. The molecule has 23 heavy (non-hydrogen) atoms. The van der Waals surface area contributed by atoms with Crippen LogP contribution in [0.3, 0.4) is 0 Å². The fourth-order valence-corrected chi connectivity index (χ4v) is 3.94. The number of hydrogen-bond donors (Lipinski definition) is 1. The third kappa shape index (κ3) is 3.29. The minimum atomic E-state index is -0.410. The number of nitrogens with one attached hydrogen (secondary N) is 1. The van der Waals surface area contributed by atoms with E-state index in [1.165, 1.54) is 30.4 Å². The van der Waals surface area contributed by atoms with Crippen molar-refractivity contribution in [2.45, 2.75) is 32.6 Å². The SMILES string of the molecule is COC(=O)c1ccc(C)c(NC(=O)c2cc3c(s2)CCCC3)c1. The molecule has 1 N–H and O–H groups in total. The average Bonchev–Trinajstić information content (AvgIpc) is 3.00. The van der Waals surface area contributed by atoms with Gasteiger partial charge in [0.05, 0.1) is 17.6 Å². The summed E-state index contributed by atoms with van der Waals surface area (Å²) in [4.78, 5) is 26.2. The Morgan fingerprint density at radius 2 is 1.96 bits per heavy atom. The molecule has 0 aliphatic heterocycles. The van der Waals surface area contributed by atoms with Crippen molar-refractivity contribution >= 4 is 28.9 Å². The van der Waals surface area contributed by atoms with Gasteiger partial charge in [-0.05, 0) is 61.9 Å². The van der Waals surface area contributed by atoms with Gasteiger partial charge in [-0.25, -0.2) is 4.79 Å². The first-order chi connectivity index (χ1) is 11.1. The Hall–Kier alpha value is -2.14. The maximum absolute atomic E-state index is 12.5. The van der Waals surface area contributed by atoms with Crippen LogP contribution in [-0.4, -0.2) is 19.0 Å². The zero-order valence-corrected chi connectivity index (χ0v) is 14.1. The summed E-state index contributed by atoms with van der Waals surface area (Å²) in [5, 5.41) is 2.92. The van der Waals surface area contributed by atoms with Gasteiger partial charge in [0.2, 0.25) is 0 Å². The molecule has 0 saturated heterocycles. The van der Waals surface area contributed by atoms with Crippen LogP contribution in [0.1, 0.15) is 48.9 Å². The number of amides is 1. The summed E-state index contributed by atoms with van der Waals surface area (Å²) in [7, 11) is 1.34. The smallest absolute Gasteiger partial charge is 0.337 e. The van der Waals surface area contributed by atoms with Gasteiger partial charge < -0.3 is 10.1 Å². The summed E-state index contributed by atoms with van der Waals surface area (Å²) in [6.07, 6.45) is 4.54. The van der Waals surface area contributed by atoms with Crippen LogP contribution in [0, 0.1) is 6.92 Å². The number of esters is 1. The Bertz CT molecular complexity index is 740. The molecule has 1 aliphatic rings. The molecule has 0 saturated carbocycles. The van der Waals surface area contributed by atoms with E-state index in [1.807, 2.05) is 13.0 Å². The molecule has 1 heterocycles. The van der Waals surface area contributed by atoms with Gasteiger partial charge in [0.25, 0.3) is 5.91 Å². The van der Waals surface area contributed by atoms with Crippen molar-refractivity contribution < 1.29 is 14.3 Å². The number of hydrogen-bond acceptors (Lipinski definition) is 4. The normalized spacial score (nSPS) is 13.3. The molecule has 4 nitrogen and oxygen atoms in total. The lowest BCUT2D eigenvalue weighted by molar-refractivity contribution is 0.0600. The van der Waals surface area contributed by atoms with Gasteiger partial charge >= 0.3 is 5.97 Å². The fraction of sp³-hybridized carbons (Fsp3) is 0.333. The zero-order valence-electron chi connectivity index (χ0n) is 13.3. The van der Waals surface area contributed by atoms with Crippen molar-refractivity contribution in [2.75, 3.05) is 12.4 Å². The predicted octanol–water partition coefficient (Wildman–Crippen LogP) is 3.97. The molecule has 2 aromatic rings. The largest absolute Gasteiger partial charge is 0.465 e. The van der Waals surface area contributed by atoms with Crippen LogP contribution in [0.2, 0.25) is 0 Å². The van der Waals surface area contributed by atoms with E-state index in [-0.39, 0.29) is 5.91 Å². The molecular weight excluding hydrogens is 310 g/mol. The number of aryl methyl sites for hydroxylation is 3. The molecule has 5 heteroatoms. The standard InChI is InChI=1S/C18H19NO3S/c1-11-7-8-13(18(21)22-2)9-14(11)19-17(20)16-10-12-5-3-4-6-15(12)23-16/h7-10H,3-6H2,1-2H3,(H,19,20). The topological polar surface area (TPSA) is 55.4 Å². The van der Waals surface area contributed by atoms with Crippen molar-refractivity contribution in [1.29, 1.82) is 0 Å². The van der Waals surface area contributed by atoms with Crippen LogP contribution >= 0.6 is 11.3 Å². The van der Waals surface area contributed by atoms with Crippen LogP contribution in [0.5, 0.6) is 0 Å². The summed E-state index contributed by atoms with van der Waals surface area (Å²) in [6.45, 7) is 1.90. The number of thiophene rings is 1. The Labute approximate surface area is 139 Å². The highest BCUT2D eigenvalue weighted by Crippen LogP contribution is 2.30. The Kier molecular flexibility index (Phi) is 4.48. The van der Waals surface area contributed by atoms with Gasteiger partial charge in [-0.15, -0.1) is 11.3 Å². The molecule has 120 valence electrons. The third-order valence-electron chi connectivity index (χ3n) is 4.13. The summed E-state index contributed by atoms with van der Waals surface area (Å²) in [6, 6.07) is 7.17. The average molecular weight is 329 g/mol. The number of carbonyl (C=O) groups excluding carboxylic acids is 2. The van der Waals surface area contributed by atoms with E-state index in [9.17, 15) is 9.59 Å². The number of ether oxygens (including phenoxy) is 1. The Balaban J connectivity index is 1.82. The second-order valence-electron chi connectivity index (χ2n) is 5.74. The number of rotatable bonds is 3. The minimum absolute atomic E-state index is 0.116. The van der Waals surface area contributed by atoms with E-state index >= 15 is 0 Å². The van der Waals surface area contributed by atoms with E-state index in [0.717, 1.165) is 23.3 Å². The van der Waals surface area contributed by atoms with E-state index in [4.69, 9.17) is 4.74 Å². The number of fused-ring (bicyclic) bond motifs is 1. The molecule has 1 amide bonds. The molecular formula is C18H19NO3S. The van der Waals surface area contributed by atoms with E-state index in [1.54, 1.807) is 29.5 Å². The van der Waals surface area contributed by atoms with Crippen LogP contribution < -0.4 is 5.32 Å². The van der Waals surface area contributed by atoms with Crippen molar-refractivity contribution in [2.24, 2.45) is 0 Å². The molecule has 0 fully saturated rings. The maximum atomic E-state index is 12.5. The summed E-state index contributed by atoms with van der Waals surface area (Å²) in [5.74, 6) is -0.526. The van der Waals surface area contributed by atoms with Gasteiger partial charge in [0.15, 0.2) is 0 Å². The lowest BCUT2D eigenvalue weighted by Crippen LogP contribution is -2.12. The highest BCUT2D eigenvalue weighted by molar-refractivity contribution is 7.14. The van der Waals surface area contributed by atoms with Gasteiger partial charge in [0.1, 0.15) is 0 Å². The predicted molar refractivity (Wildman–Crippen MR) is 91.4 cm³/mol. The molecule has 0 radical (unpaired) electrons. The van der Waals surface area contributed by atoms with Crippen LogP contribution in [-0.2, 0) is 17.6 Å². The highest BCUT2D eigenvalue weighted by Gasteiger charge is 2.18. The summed E-state index contributed by atoms with van der Waals surface area (Å²) >= 11 is 1.58. The molecule has 1 aromatic carbocycles. The van der Waals surface area contributed by atoms with Crippen molar-refractivity contribution in [3.05, 3.63) is 50.7 Å². The van der Waals surface area contributed by atoms with E-state index in [2.05, 4.69) is 5.32 Å². The van der Waals surface area contributed by atoms with Crippen molar-refractivity contribution in [3.63, 3.8) is 0 Å². The lowest BCUT2D eigenvalue weighted by Gasteiger charge is -2.09. The molecule has 0 spiro atoms. The Morgan fingerprint density at radius 3 is 2.70 bits per heavy atom. The molecule has 0 bridgehead atoms. The second kappa shape index (κ2) is 6.54. The first kappa shape index (κ1) is 15.7. The van der Waals surface area contributed by atoms with Gasteiger partial charge in [0, 0.05) is 10.6 Å².